The summed E-state index contributed by atoms with van der Waals surface area (Å²) >= 11 is 0. The number of carbonyl (C=O) groups is 3. The zero-order valence-corrected chi connectivity index (χ0v) is 15.8. The number of carboxylic acid groups (broad SMARTS) is 1. The summed E-state index contributed by atoms with van der Waals surface area (Å²) in [5.41, 5.74) is 4.65. The van der Waals surface area contributed by atoms with E-state index in [9.17, 15) is 14.4 Å². The highest BCUT2D eigenvalue weighted by molar-refractivity contribution is 5.84. The van der Waals surface area contributed by atoms with E-state index in [0.717, 1.165) is 11.1 Å². The van der Waals surface area contributed by atoms with Crippen LogP contribution in [0.1, 0.15) is 29.9 Å². The fourth-order valence-electron chi connectivity index (χ4n) is 4.06. The number of amides is 2. The van der Waals surface area contributed by atoms with Crippen LogP contribution in [0.3, 0.4) is 0 Å². The number of carbonyl (C=O) groups excluding carboxylic acids is 2. The number of hydrogen-bond donors (Lipinski definition) is 3. The Balaban J connectivity index is 1.28. The van der Waals surface area contributed by atoms with E-state index in [0.29, 0.717) is 12.8 Å². The minimum Gasteiger partial charge on any atom is -0.480 e. The summed E-state index contributed by atoms with van der Waals surface area (Å²) in [5, 5.41) is 13.7. The van der Waals surface area contributed by atoms with E-state index < -0.39 is 12.1 Å². The average molecular weight is 394 g/mol. The van der Waals surface area contributed by atoms with E-state index in [-0.39, 0.29) is 36.9 Å². The molecule has 150 valence electrons. The van der Waals surface area contributed by atoms with Gasteiger partial charge in [-0.2, -0.15) is 0 Å². The summed E-state index contributed by atoms with van der Waals surface area (Å²) < 4.78 is 5.49. The molecule has 0 bridgehead atoms. The van der Waals surface area contributed by atoms with E-state index in [1.165, 1.54) is 11.1 Å². The highest BCUT2D eigenvalue weighted by Crippen LogP contribution is 2.44. The second kappa shape index (κ2) is 7.95. The molecule has 0 aliphatic heterocycles. The number of ether oxygens (including phenoxy) is 1. The fourth-order valence-corrected chi connectivity index (χ4v) is 4.06. The van der Waals surface area contributed by atoms with Gasteiger partial charge in [0.1, 0.15) is 13.2 Å². The molecule has 0 heterocycles. The largest absolute Gasteiger partial charge is 0.480 e. The van der Waals surface area contributed by atoms with Crippen LogP contribution in [-0.2, 0) is 14.3 Å². The van der Waals surface area contributed by atoms with Gasteiger partial charge in [0.2, 0.25) is 5.91 Å². The molecule has 2 amide bonds. The molecule has 2 aromatic carbocycles. The van der Waals surface area contributed by atoms with Gasteiger partial charge >= 0.3 is 12.1 Å². The van der Waals surface area contributed by atoms with Gasteiger partial charge in [-0.1, -0.05) is 48.5 Å². The molecular formula is C22H22N2O5. The third-order valence-corrected chi connectivity index (χ3v) is 5.59. The molecule has 4 rings (SSSR count). The Morgan fingerprint density at radius 2 is 1.55 bits per heavy atom. The second-order valence-corrected chi connectivity index (χ2v) is 7.45. The quantitative estimate of drug-likeness (QED) is 0.698. The number of benzene rings is 2. The SMILES string of the molecule is O=C(O)CNC(=O)C1CC(NC(=O)OCC2c3ccccc3-c3ccccc32)C1. The lowest BCUT2D eigenvalue weighted by Gasteiger charge is -2.34. The maximum absolute atomic E-state index is 12.2. The van der Waals surface area contributed by atoms with Crippen molar-refractivity contribution in [3.8, 4) is 11.1 Å². The molecule has 2 aromatic rings. The number of alkyl carbamates (subject to hydrolysis) is 1. The van der Waals surface area contributed by atoms with Gasteiger partial charge < -0.3 is 20.5 Å². The third-order valence-electron chi connectivity index (χ3n) is 5.59. The van der Waals surface area contributed by atoms with Crippen molar-refractivity contribution in [2.75, 3.05) is 13.2 Å². The van der Waals surface area contributed by atoms with Crippen LogP contribution in [0.25, 0.3) is 11.1 Å². The van der Waals surface area contributed by atoms with Crippen molar-refractivity contribution in [3.63, 3.8) is 0 Å². The van der Waals surface area contributed by atoms with Gasteiger partial charge in [-0.3, -0.25) is 9.59 Å². The Morgan fingerprint density at radius 3 is 2.14 bits per heavy atom. The summed E-state index contributed by atoms with van der Waals surface area (Å²) in [6.07, 6.45) is 0.465. The van der Waals surface area contributed by atoms with E-state index in [2.05, 4.69) is 34.9 Å². The smallest absolute Gasteiger partial charge is 0.407 e. The normalized spacial score (nSPS) is 19.4. The Morgan fingerprint density at radius 1 is 0.966 bits per heavy atom. The number of aliphatic carboxylic acids is 1. The molecule has 2 aliphatic carbocycles. The van der Waals surface area contributed by atoms with E-state index in [1.807, 2.05) is 24.3 Å². The molecule has 0 radical (unpaired) electrons. The first-order valence-electron chi connectivity index (χ1n) is 9.64. The van der Waals surface area contributed by atoms with Crippen LogP contribution in [-0.4, -0.2) is 42.3 Å². The maximum Gasteiger partial charge on any atom is 0.407 e. The van der Waals surface area contributed by atoms with Crippen molar-refractivity contribution in [1.29, 1.82) is 0 Å². The lowest BCUT2D eigenvalue weighted by atomic mass is 9.79. The molecule has 7 heteroatoms. The summed E-state index contributed by atoms with van der Waals surface area (Å²) in [6, 6.07) is 16.1. The zero-order chi connectivity index (χ0) is 20.4. The Kier molecular flexibility index (Phi) is 5.20. The minimum atomic E-state index is -1.08. The van der Waals surface area contributed by atoms with E-state index in [1.54, 1.807) is 0 Å². The van der Waals surface area contributed by atoms with Crippen molar-refractivity contribution in [3.05, 3.63) is 59.7 Å². The summed E-state index contributed by atoms with van der Waals surface area (Å²) in [4.78, 5) is 34.5. The maximum atomic E-state index is 12.2. The second-order valence-electron chi connectivity index (χ2n) is 7.45. The van der Waals surface area contributed by atoms with Gasteiger partial charge in [0.05, 0.1) is 0 Å². The highest BCUT2D eigenvalue weighted by Gasteiger charge is 2.36. The molecule has 1 fully saturated rings. The van der Waals surface area contributed by atoms with Crippen molar-refractivity contribution >= 4 is 18.0 Å². The van der Waals surface area contributed by atoms with Crippen LogP contribution in [0.15, 0.2) is 48.5 Å². The van der Waals surface area contributed by atoms with Crippen LogP contribution in [0.5, 0.6) is 0 Å². The topological polar surface area (TPSA) is 105 Å². The monoisotopic (exact) mass is 394 g/mol. The molecule has 7 nitrogen and oxygen atoms in total. The molecule has 2 aliphatic rings. The molecular weight excluding hydrogens is 372 g/mol. The molecule has 0 aromatic heterocycles. The van der Waals surface area contributed by atoms with Gasteiger partial charge in [0.15, 0.2) is 0 Å². The molecule has 3 N–H and O–H groups in total. The summed E-state index contributed by atoms with van der Waals surface area (Å²) in [5.74, 6) is -1.64. The Bertz CT molecular complexity index is 906. The minimum absolute atomic E-state index is 0.00378. The lowest BCUT2D eigenvalue weighted by molar-refractivity contribution is -0.139. The standard InChI is InChI=1S/C22H22N2O5/c25-20(26)11-23-21(27)13-9-14(10-13)24-22(28)29-12-19-17-7-3-1-5-15(17)16-6-2-4-8-18(16)19/h1-8,13-14,19H,9-12H2,(H,23,27)(H,24,28)(H,25,26). The van der Waals surface area contributed by atoms with Gasteiger partial charge in [0.25, 0.3) is 0 Å². The van der Waals surface area contributed by atoms with Crippen molar-refractivity contribution in [2.45, 2.75) is 24.8 Å². The van der Waals surface area contributed by atoms with Crippen molar-refractivity contribution < 1.29 is 24.2 Å². The third kappa shape index (κ3) is 3.94. The van der Waals surface area contributed by atoms with Gasteiger partial charge in [-0.25, -0.2) is 4.79 Å². The van der Waals surface area contributed by atoms with Crippen LogP contribution in [0, 0.1) is 5.92 Å². The predicted molar refractivity (Wildman–Crippen MR) is 105 cm³/mol. The van der Waals surface area contributed by atoms with Crippen molar-refractivity contribution in [1.82, 2.24) is 10.6 Å². The molecule has 0 unspecified atom stereocenters. The number of hydrogen-bond acceptors (Lipinski definition) is 4. The molecule has 0 saturated heterocycles. The molecule has 29 heavy (non-hydrogen) atoms. The molecule has 1 saturated carbocycles. The number of fused-ring (bicyclic) bond motifs is 3. The highest BCUT2D eigenvalue weighted by atomic mass is 16.5. The average Bonchev–Trinajstić information content (AvgIpc) is 3.01. The Labute approximate surface area is 168 Å². The lowest BCUT2D eigenvalue weighted by Crippen LogP contribution is -2.50. The Hall–Kier alpha value is -3.35. The van der Waals surface area contributed by atoms with E-state index in [4.69, 9.17) is 9.84 Å². The summed E-state index contributed by atoms with van der Waals surface area (Å²) in [6.45, 7) is -0.144. The first-order chi connectivity index (χ1) is 14.0. The van der Waals surface area contributed by atoms with Gasteiger partial charge in [-0.05, 0) is 35.1 Å². The predicted octanol–water partition coefficient (Wildman–Crippen LogP) is 2.50. The number of carboxylic acids is 1. The van der Waals surface area contributed by atoms with E-state index >= 15 is 0 Å². The van der Waals surface area contributed by atoms with Crippen LogP contribution >= 0.6 is 0 Å². The van der Waals surface area contributed by atoms with Crippen LogP contribution in [0.4, 0.5) is 4.79 Å². The van der Waals surface area contributed by atoms with Crippen molar-refractivity contribution in [2.24, 2.45) is 5.92 Å². The number of rotatable bonds is 6. The first-order valence-corrected chi connectivity index (χ1v) is 9.64. The van der Waals surface area contributed by atoms with Crippen LogP contribution in [0.2, 0.25) is 0 Å². The fraction of sp³-hybridized carbons (Fsp3) is 0.318. The van der Waals surface area contributed by atoms with Gasteiger partial charge in [-0.15, -0.1) is 0 Å². The molecule has 0 atom stereocenters. The number of nitrogens with one attached hydrogen (secondary N) is 2. The van der Waals surface area contributed by atoms with Gasteiger partial charge in [0, 0.05) is 17.9 Å². The summed E-state index contributed by atoms with van der Waals surface area (Å²) in [7, 11) is 0. The first kappa shape index (κ1) is 19.0. The van der Waals surface area contributed by atoms with Crippen LogP contribution < -0.4 is 10.6 Å². The molecule has 0 spiro atoms. The zero-order valence-electron chi connectivity index (χ0n) is 15.8.